The van der Waals surface area contributed by atoms with Crippen molar-refractivity contribution in [2.75, 3.05) is 16.3 Å². The summed E-state index contributed by atoms with van der Waals surface area (Å²) in [6.45, 7) is 14.7. The van der Waals surface area contributed by atoms with Crippen LogP contribution in [0.4, 0.5) is 28.4 Å². The first-order chi connectivity index (χ1) is 22.9. The number of hydrogen-bond acceptors (Lipinski definition) is 2. The van der Waals surface area contributed by atoms with E-state index in [9.17, 15) is 0 Å². The molecule has 0 saturated carbocycles. The number of rotatable bonds is 5. The molecular formula is C45H40N2. The quantitative estimate of drug-likeness (QED) is 0.180. The van der Waals surface area contributed by atoms with Gasteiger partial charge in [-0.1, -0.05) is 118 Å². The number of benzene rings is 5. The SMILES string of the molecule is C=C(/C=C1\C(=C)c2ccc(N3CCCc4ccccc43)cc2C1(C)C)/C=C/c1ccc(N2c3ccccc3Cc3ccccc32)cc1. The standard InChI is InChI=1S/C45H40N2/c1-31(19-20-33-21-23-37(24-22-33)47-43-17-9-6-13-35(43)29-36-14-7-10-18-44(36)47)28-40-32(2)39-26-25-38(30-41(39)45(40,3)4)46-27-11-15-34-12-5-8-16-42(34)46/h5-10,12-14,16-26,28,30H,1-2,11,15,27,29H2,3-4H3/b20-19+,40-28+. The van der Waals surface area contributed by atoms with Crippen molar-refractivity contribution in [3.63, 3.8) is 0 Å². The van der Waals surface area contributed by atoms with Crippen LogP contribution in [0.15, 0.2) is 152 Å². The fraction of sp³-hybridized carbons (Fsp3) is 0.156. The number of hydrogen-bond donors (Lipinski definition) is 0. The average molecular weight is 609 g/mol. The normalized spacial score (nSPS) is 17.0. The van der Waals surface area contributed by atoms with Gasteiger partial charge in [-0.05, 0) is 105 Å². The molecule has 8 rings (SSSR count). The highest BCUT2D eigenvalue weighted by Crippen LogP contribution is 2.51. The summed E-state index contributed by atoms with van der Waals surface area (Å²) in [7, 11) is 0. The zero-order chi connectivity index (χ0) is 32.1. The van der Waals surface area contributed by atoms with Crippen molar-refractivity contribution in [2.24, 2.45) is 0 Å². The molecule has 2 heterocycles. The number of para-hydroxylation sites is 3. The molecule has 5 aromatic rings. The molecule has 0 aromatic heterocycles. The maximum absolute atomic E-state index is 4.56. The number of fused-ring (bicyclic) bond motifs is 4. The molecule has 1 aliphatic carbocycles. The third kappa shape index (κ3) is 5.05. The molecule has 0 unspecified atom stereocenters. The molecule has 2 nitrogen and oxygen atoms in total. The van der Waals surface area contributed by atoms with Crippen molar-refractivity contribution in [2.45, 2.75) is 38.5 Å². The molecule has 0 saturated heterocycles. The van der Waals surface area contributed by atoms with Crippen LogP contribution in [0.3, 0.4) is 0 Å². The van der Waals surface area contributed by atoms with Gasteiger partial charge < -0.3 is 9.80 Å². The molecule has 0 amide bonds. The van der Waals surface area contributed by atoms with Gasteiger partial charge in [0.1, 0.15) is 0 Å². The monoisotopic (exact) mass is 608 g/mol. The van der Waals surface area contributed by atoms with Crippen LogP contribution >= 0.6 is 0 Å². The van der Waals surface area contributed by atoms with Crippen LogP contribution in [-0.4, -0.2) is 6.54 Å². The second kappa shape index (κ2) is 11.5. The van der Waals surface area contributed by atoms with Gasteiger partial charge in [-0.15, -0.1) is 0 Å². The molecule has 0 atom stereocenters. The number of anilines is 5. The molecular weight excluding hydrogens is 569 g/mol. The average Bonchev–Trinajstić information content (AvgIpc) is 3.29. The summed E-state index contributed by atoms with van der Waals surface area (Å²) in [4.78, 5) is 4.86. The minimum Gasteiger partial charge on any atom is -0.341 e. The Morgan fingerprint density at radius 2 is 1.34 bits per heavy atom. The smallest absolute Gasteiger partial charge is 0.0497 e. The maximum atomic E-state index is 4.56. The Balaban J connectivity index is 1.03. The van der Waals surface area contributed by atoms with E-state index >= 15 is 0 Å². The fourth-order valence-corrected chi connectivity index (χ4v) is 7.76. The number of aryl methyl sites for hydroxylation is 1. The second-order valence-corrected chi connectivity index (χ2v) is 13.5. The van der Waals surface area contributed by atoms with E-state index in [0.29, 0.717) is 0 Å². The molecule has 0 N–H and O–H groups in total. The van der Waals surface area contributed by atoms with E-state index in [1.165, 1.54) is 62.6 Å². The minimum atomic E-state index is -0.169. The molecule has 2 aliphatic heterocycles. The molecule has 47 heavy (non-hydrogen) atoms. The van der Waals surface area contributed by atoms with Crippen LogP contribution in [0.5, 0.6) is 0 Å². The summed E-state index contributed by atoms with van der Waals surface area (Å²) in [6.07, 6.45) is 9.79. The highest BCUT2D eigenvalue weighted by atomic mass is 15.2. The Bertz CT molecular complexity index is 2060. The van der Waals surface area contributed by atoms with Gasteiger partial charge in [0, 0.05) is 46.8 Å². The molecule has 0 radical (unpaired) electrons. The van der Waals surface area contributed by atoms with Crippen molar-refractivity contribution >= 4 is 40.1 Å². The van der Waals surface area contributed by atoms with Gasteiger partial charge in [-0.2, -0.15) is 0 Å². The highest BCUT2D eigenvalue weighted by molar-refractivity contribution is 5.90. The molecule has 3 aliphatic rings. The lowest BCUT2D eigenvalue weighted by atomic mass is 9.81. The van der Waals surface area contributed by atoms with Crippen LogP contribution in [0, 0.1) is 0 Å². The summed E-state index contributed by atoms with van der Waals surface area (Å²) >= 11 is 0. The van der Waals surface area contributed by atoms with Gasteiger partial charge >= 0.3 is 0 Å². The predicted molar refractivity (Wildman–Crippen MR) is 200 cm³/mol. The lowest BCUT2D eigenvalue weighted by Crippen LogP contribution is -2.25. The Kier molecular flexibility index (Phi) is 7.10. The summed E-state index contributed by atoms with van der Waals surface area (Å²) in [5.74, 6) is 0. The van der Waals surface area contributed by atoms with Crippen molar-refractivity contribution in [1.29, 1.82) is 0 Å². The van der Waals surface area contributed by atoms with Crippen LogP contribution in [-0.2, 0) is 18.3 Å². The van der Waals surface area contributed by atoms with E-state index in [1.807, 2.05) is 0 Å². The Labute approximate surface area is 279 Å². The predicted octanol–water partition coefficient (Wildman–Crippen LogP) is 11.6. The topological polar surface area (TPSA) is 6.48 Å². The fourth-order valence-electron chi connectivity index (χ4n) is 7.76. The molecule has 2 heteroatoms. The third-order valence-corrected chi connectivity index (χ3v) is 10.2. The zero-order valence-corrected chi connectivity index (χ0v) is 27.3. The first-order valence-corrected chi connectivity index (χ1v) is 16.7. The third-order valence-electron chi connectivity index (χ3n) is 10.2. The molecule has 230 valence electrons. The molecule has 0 spiro atoms. The number of allylic oxidation sites excluding steroid dienone is 5. The van der Waals surface area contributed by atoms with E-state index in [0.717, 1.165) is 41.8 Å². The van der Waals surface area contributed by atoms with Crippen molar-refractivity contribution < 1.29 is 0 Å². The van der Waals surface area contributed by atoms with Gasteiger partial charge in [-0.3, -0.25) is 0 Å². The molecule has 0 bridgehead atoms. The summed E-state index contributed by atoms with van der Waals surface area (Å²) < 4.78 is 0. The van der Waals surface area contributed by atoms with Crippen molar-refractivity contribution in [3.8, 4) is 0 Å². The first kappa shape index (κ1) is 29.1. The summed E-state index contributed by atoms with van der Waals surface area (Å²) in [5, 5.41) is 0. The Hall–Kier alpha value is -5.34. The zero-order valence-electron chi connectivity index (χ0n) is 27.3. The lowest BCUT2D eigenvalue weighted by Gasteiger charge is -2.33. The minimum absolute atomic E-state index is 0.169. The van der Waals surface area contributed by atoms with Crippen LogP contribution in [0.2, 0.25) is 0 Å². The van der Waals surface area contributed by atoms with Crippen LogP contribution < -0.4 is 9.80 Å². The van der Waals surface area contributed by atoms with Crippen LogP contribution in [0.25, 0.3) is 11.6 Å². The molecule has 5 aromatic carbocycles. The van der Waals surface area contributed by atoms with Gasteiger partial charge in [0.2, 0.25) is 0 Å². The highest BCUT2D eigenvalue weighted by Gasteiger charge is 2.38. The maximum Gasteiger partial charge on any atom is 0.0497 e. The van der Waals surface area contributed by atoms with E-state index < -0.39 is 0 Å². The van der Waals surface area contributed by atoms with E-state index in [1.54, 1.807) is 0 Å². The van der Waals surface area contributed by atoms with Gasteiger partial charge in [-0.25, -0.2) is 0 Å². The lowest BCUT2D eigenvalue weighted by molar-refractivity contribution is 0.660. The van der Waals surface area contributed by atoms with Crippen LogP contribution in [0.1, 0.15) is 53.6 Å². The Morgan fingerprint density at radius 1 is 0.723 bits per heavy atom. The van der Waals surface area contributed by atoms with E-state index in [2.05, 4.69) is 170 Å². The number of nitrogens with zero attached hydrogens (tertiary/aromatic N) is 2. The van der Waals surface area contributed by atoms with E-state index in [4.69, 9.17) is 0 Å². The molecule has 0 fully saturated rings. The van der Waals surface area contributed by atoms with Crippen molar-refractivity contribution in [3.05, 3.63) is 185 Å². The second-order valence-electron chi connectivity index (χ2n) is 13.5. The van der Waals surface area contributed by atoms with Gasteiger partial charge in [0.15, 0.2) is 0 Å². The summed E-state index contributed by atoms with van der Waals surface area (Å²) in [6, 6.07) is 42.0. The van der Waals surface area contributed by atoms with Crippen molar-refractivity contribution in [1.82, 2.24) is 0 Å². The largest absolute Gasteiger partial charge is 0.341 e. The van der Waals surface area contributed by atoms with Gasteiger partial charge in [0.25, 0.3) is 0 Å². The van der Waals surface area contributed by atoms with E-state index in [-0.39, 0.29) is 5.41 Å². The first-order valence-electron chi connectivity index (χ1n) is 16.7. The summed E-state index contributed by atoms with van der Waals surface area (Å²) in [5.41, 5.74) is 17.2. The van der Waals surface area contributed by atoms with Gasteiger partial charge in [0.05, 0.1) is 0 Å². The Morgan fingerprint density at radius 3 is 2.04 bits per heavy atom.